The van der Waals surface area contributed by atoms with Crippen molar-refractivity contribution in [1.29, 1.82) is 0 Å². The van der Waals surface area contributed by atoms with E-state index in [2.05, 4.69) is 159 Å². The Morgan fingerprint density at radius 2 is 0.872 bits per heavy atom. The zero-order valence-electron chi connectivity index (χ0n) is 26.3. The fraction of sp³-hybridized carbons (Fsp3) is 0.0952. The number of benzene rings is 4. The van der Waals surface area contributed by atoms with Crippen LogP contribution in [0.4, 0.5) is 0 Å². The monoisotopic (exact) mass is 762 g/mol. The summed E-state index contributed by atoms with van der Waals surface area (Å²) < 4.78 is 0. The van der Waals surface area contributed by atoms with Crippen LogP contribution in [0.3, 0.4) is 0 Å². The molecule has 0 spiro atoms. The van der Waals surface area contributed by atoms with Crippen LogP contribution in [0.2, 0.25) is 0 Å². The molecule has 0 amide bonds. The second kappa shape index (κ2) is 16.9. The Bertz CT molecular complexity index is 1990. The average Bonchev–Trinajstić information content (AvgIpc) is 3.90. The van der Waals surface area contributed by atoms with E-state index >= 15 is 0 Å². The van der Waals surface area contributed by atoms with Gasteiger partial charge in [-0.05, 0) is 43.5 Å². The summed E-state index contributed by atoms with van der Waals surface area (Å²) in [4.78, 5) is 5.63. The van der Waals surface area contributed by atoms with Gasteiger partial charge in [0.2, 0.25) is 0 Å². The molecule has 0 aliphatic rings. The van der Waals surface area contributed by atoms with Crippen molar-refractivity contribution in [1.82, 2.24) is 0 Å². The molecule has 0 nitrogen and oxygen atoms in total. The van der Waals surface area contributed by atoms with Crippen LogP contribution in [0.1, 0.15) is 23.6 Å². The van der Waals surface area contributed by atoms with Crippen molar-refractivity contribution in [3.8, 4) is 43.1 Å². The van der Waals surface area contributed by atoms with Crippen LogP contribution in [0.5, 0.6) is 0 Å². The van der Waals surface area contributed by atoms with Gasteiger partial charge in [-0.3, -0.25) is 0 Å². The van der Waals surface area contributed by atoms with E-state index < -0.39 is 0 Å². The molecule has 5 heteroatoms. The maximum atomic E-state index is 2.34. The Kier molecular flexibility index (Phi) is 13.2. The summed E-state index contributed by atoms with van der Waals surface area (Å²) >= 11 is 3.81. The zero-order valence-corrected chi connectivity index (χ0v) is 31.9. The number of rotatable bonds is 6. The molecule has 0 saturated heterocycles. The predicted octanol–water partition coefficient (Wildman–Crippen LogP) is 7.04. The summed E-state index contributed by atoms with van der Waals surface area (Å²) in [6, 6.07) is 52.7. The van der Waals surface area contributed by atoms with Crippen LogP contribution in [0, 0.1) is 0 Å². The van der Waals surface area contributed by atoms with Crippen LogP contribution in [0.25, 0.3) is 64.7 Å². The first kappa shape index (κ1) is 36.8. The first-order valence-corrected chi connectivity index (χ1v) is 17.0. The molecule has 0 unspecified atom stereocenters. The molecule has 0 aliphatic heterocycles. The fourth-order valence-electron chi connectivity index (χ4n) is 5.94. The number of halogens is 2. The number of fused-ring (bicyclic) bond motifs is 2. The standard InChI is InChI=1S/2C21H17S.2ClH.Zr/c2*1-2-18-11-12-21(22-18)17-13-16-9-6-10-19(20(16)14-17)15-7-4-3-5-8-15;;;/h2*3-14H,2H2,1H3;2*1H;/q2*-1;;;+4/p-2. The first-order chi connectivity index (χ1) is 21.7. The van der Waals surface area contributed by atoms with Gasteiger partial charge in [0.05, 0.1) is 0 Å². The molecule has 8 rings (SSSR count). The van der Waals surface area contributed by atoms with Gasteiger partial charge in [-0.15, -0.1) is 69.1 Å². The SMILES string of the molecule is CCc1ccc(-c2cc3c(-c4ccccc4)cccc3[cH-]2)s1.CCc1ccc(-c2cc3c(-c4ccccc4)cccc3[cH-]2)s1.[Cl-].[Cl-].[Zr+4]. The molecule has 8 aromatic rings. The molecule has 2 aromatic heterocycles. The third-order valence-corrected chi connectivity index (χ3v) is 10.8. The summed E-state index contributed by atoms with van der Waals surface area (Å²) in [7, 11) is 0. The Balaban J connectivity index is 0.000000200. The summed E-state index contributed by atoms with van der Waals surface area (Å²) in [5.74, 6) is 0. The molecule has 6 aromatic carbocycles. The molecule has 0 aliphatic carbocycles. The Morgan fingerprint density at radius 3 is 1.23 bits per heavy atom. The molecule has 0 radical (unpaired) electrons. The van der Waals surface area contributed by atoms with Gasteiger partial charge in [0, 0.05) is 0 Å². The minimum atomic E-state index is 0. The van der Waals surface area contributed by atoms with Gasteiger partial charge in [-0.2, -0.15) is 22.7 Å². The van der Waals surface area contributed by atoms with E-state index in [0.717, 1.165) is 12.8 Å². The van der Waals surface area contributed by atoms with Crippen LogP contribution < -0.4 is 24.8 Å². The van der Waals surface area contributed by atoms with E-state index in [1.165, 1.54) is 74.4 Å². The van der Waals surface area contributed by atoms with Gasteiger partial charge in [0.25, 0.3) is 0 Å². The molecule has 0 N–H and O–H groups in total. The summed E-state index contributed by atoms with van der Waals surface area (Å²) in [5.41, 5.74) is 7.87. The molecule has 2 heterocycles. The van der Waals surface area contributed by atoms with E-state index in [1.807, 2.05) is 22.7 Å². The van der Waals surface area contributed by atoms with Crippen molar-refractivity contribution in [3.05, 3.63) is 155 Å². The third kappa shape index (κ3) is 7.99. The van der Waals surface area contributed by atoms with Crippen LogP contribution in [-0.4, -0.2) is 0 Å². The Morgan fingerprint density at radius 1 is 0.468 bits per heavy atom. The molecule has 0 bridgehead atoms. The minimum Gasteiger partial charge on any atom is -1.00 e. The number of hydrogen-bond acceptors (Lipinski definition) is 2. The first-order valence-electron chi connectivity index (χ1n) is 15.4. The van der Waals surface area contributed by atoms with Crippen molar-refractivity contribution in [2.45, 2.75) is 26.7 Å². The fourth-order valence-corrected chi connectivity index (χ4v) is 7.81. The minimum absolute atomic E-state index is 0. The van der Waals surface area contributed by atoms with Crippen molar-refractivity contribution >= 4 is 44.2 Å². The van der Waals surface area contributed by atoms with E-state index in [0.29, 0.717) is 0 Å². The number of thiophene rings is 2. The van der Waals surface area contributed by atoms with Crippen LogP contribution in [0.15, 0.2) is 146 Å². The summed E-state index contributed by atoms with van der Waals surface area (Å²) in [5, 5.41) is 5.33. The zero-order chi connectivity index (χ0) is 29.9. The molecular formula is C42H34Cl2S2Zr. The molecule has 0 fully saturated rings. The van der Waals surface area contributed by atoms with Crippen molar-refractivity contribution < 1.29 is 51.0 Å². The van der Waals surface area contributed by atoms with Gasteiger partial charge in [-0.1, -0.05) is 134 Å². The van der Waals surface area contributed by atoms with Crippen LogP contribution >= 0.6 is 22.7 Å². The number of hydrogen-bond donors (Lipinski definition) is 0. The van der Waals surface area contributed by atoms with E-state index in [1.54, 1.807) is 0 Å². The maximum absolute atomic E-state index is 2.34. The van der Waals surface area contributed by atoms with Crippen LogP contribution in [-0.2, 0) is 39.0 Å². The Labute approximate surface area is 317 Å². The van der Waals surface area contributed by atoms with Gasteiger partial charge in [0.15, 0.2) is 0 Å². The maximum Gasteiger partial charge on any atom is 4.00 e. The number of aryl methyl sites for hydroxylation is 2. The van der Waals surface area contributed by atoms with Gasteiger partial charge < -0.3 is 24.8 Å². The van der Waals surface area contributed by atoms with Crippen molar-refractivity contribution in [3.63, 3.8) is 0 Å². The van der Waals surface area contributed by atoms with Crippen molar-refractivity contribution in [2.24, 2.45) is 0 Å². The molecule has 232 valence electrons. The summed E-state index contributed by atoms with van der Waals surface area (Å²) in [6.07, 6.45) is 2.22. The average molecular weight is 765 g/mol. The molecular weight excluding hydrogens is 731 g/mol. The smallest absolute Gasteiger partial charge is 1.00 e. The largest absolute Gasteiger partial charge is 4.00 e. The molecule has 0 saturated carbocycles. The quantitative estimate of drug-likeness (QED) is 0.160. The van der Waals surface area contributed by atoms with E-state index in [9.17, 15) is 0 Å². The van der Waals surface area contributed by atoms with E-state index in [4.69, 9.17) is 0 Å². The topological polar surface area (TPSA) is 0 Å². The predicted molar refractivity (Wildman–Crippen MR) is 195 cm³/mol. The normalized spacial score (nSPS) is 10.4. The third-order valence-electron chi connectivity index (χ3n) is 8.26. The second-order valence-corrected chi connectivity index (χ2v) is 13.4. The summed E-state index contributed by atoms with van der Waals surface area (Å²) in [6.45, 7) is 4.43. The molecule has 0 atom stereocenters. The molecule has 47 heavy (non-hydrogen) atoms. The second-order valence-electron chi connectivity index (χ2n) is 11.1. The Hall–Kier alpha value is -3.04. The van der Waals surface area contributed by atoms with Gasteiger partial charge in [0.1, 0.15) is 0 Å². The van der Waals surface area contributed by atoms with Gasteiger partial charge >= 0.3 is 26.2 Å². The van der Waals surface area contributed by atoms with Gasteiger partial charge in [-0.25, -0.2) is 0 Å². The van der Waals surface area contributed by atoms with Crippen molar-refractivity contribution in [2.75, 3.05) is 0 Å². The van der Waals surface area contributed by atoms with E-state index in [-0.39, 0.29) is 51.0 Å².